The predicted octanol–water partition coefficient (Wildman–Crippen LogP) is 2.60. The number of rotatable bonds is 5. The molecular weight excluding hydrogens is 212 g/mol. The largest absolute Gasteiger partial charge is 0.496 e. The lowest BCUT2D eigenvalue weighted by Crippen LogP contribution is -2.32. The highest BCUT2D eigenvalue weighted by atomic mass is 16.5. The van der Waals surface area contributed by atoms with Gasteiger partial charge >= 0.3 is 0 Å². The zero-order valence-corrected chi connectivity index (χ0v) is 11.5. The summed E-state index contributed by atoms with van der Waals surface area (Å²) in [6.45, 7) is 7.22. The second kappa shape index (κ2) is 5.92. The van der Waals surface area contributed by atoms with E-state index in [0.717, 1.165) is 12.3 Å². The number of anilines is 1. The molecule has 0 saturated carbocycles. The Hall–Kier alpha value is -1.22. The Balaban J connectivity index is 2.99. The van der Waals surface area contributed by atoms with E-state index in [2.05, 4.69) is 37.9 Å². The van der Waals surface area contributed by atoms with Crippen LogP contribution in [-0.2, 0) is 0 Å². The zero-order chi connectivity index (χ0) is 13.0. The van der Waals surface area contributed by atoms with E-state index in [1.54, 1.807) is 7.11 Å². The summed E-state index contributed by atoms with van der Waals surface area (Å²) >= 11 is 0. The Morgan fingerprint density at radius 2 is 1.94 bits per heavy atom. The average Bonchev–Trinajstić information content (AvgIpc) is 2.27. The van der Waals surface area contributed by atoms with Crippen molar-refractivity contribution in [2.45, 2.75) is 32.7 Å². The number of benzene rings is 1. The molecule has 0 saturated heterocycles. The molecule has 0 fully saturated rings. The van der Waals surface area contributed by atoms with E-state index in [-0.39, 0.29) is 6.04 Å². The normalized spacial score (nSPS) is 12.6. The first-order valence-corrected chi connectivity index (χ1v) is 6.10. The van der Waals surface area contributed by atoms with Gasteiger partial charge in [-0.15, -0.1) is 0 Å². The topological polar surface area (TPSA) is 38.5 Å². The number of ether oxygens (including phenoxy) is 1. The molecule has 0 aliphatic heterocycles. The van der Waals surface area contributed by atoms with Gasteiger partial charge in [-0.2, -0.15) is 0 Å². The van der Waals surface area contributed by atoms with Crippen LogP contribution >= 0.6 is 0 Å². The molecule has 0 aliphatic carbocycles. The number of nitrogens with two attached hydrogens (primary N) is 1. The third-order valence-corrected chi connectivity index (χ3v) is 2.84. The second-order valence-electron chi connectivity index (χ2n) is 4.94. The molecule has 17 heavy (non-hydrogen) atoms. The minimum atomic E-state index is 0.171. The van der Waals surface area contributed by atoms with E-state index in [1.807, 2.05) is 13.0 Å². The molecule has 0 amide bonds. The van der Waals surface area contributed by atoms with E-state index in [0.29, 0.717) is 5.92 Å². The zero-order valence-electron chi connectivity index (χ0n) is 11.5. The molecule has 0 bridgehead atoms. The maximum atomic E-state index is 5.82. The minimum Gasteiger partial charge on any atom is -0.496 e. The SMILES string of the molecule is COc1ccc(N(C)CC(C)N)cc1C(C)C. The number of hydrogen-bond acceptors (Lipinski definition) is 3. The van der Waals surface area contributed by atoms with E-state index in [4.69, 9.17) is 10.5 Å². The Kier molecular flexibility index (Phi) is 4.82. The van der Waals surface area contributed by atoms with Crippen molar-refractivity contribution in [3.63, 3.8) is 0 Å². The van der Waals surface area contributed by atoms with Crippen molar-refractivity contribution in [2.75, 3.05) is 25.6 Å². The van der Waals surface area contributed by atoms with E-state index < -0.39 is 0 Å². The van der Waals surface area contributed by atoms with Gasteiger partial charge in [0.1, 0.15) is 5.75 Å². The number of methoxy groups -OCH3 is 1. The van der Waals surface area contributed by atoms with Crippen molar-refractivity contribution in [1.82, 2.24) is 0 Å². The van der Waals surface area contributed by atoms with Crippen molar-refractivity contribution in [1.29, 1.82) is 0 Å². The summed E-state index contributed by atoms with van der Waals surface area (Å²) in [5, 5.41) is 0. The van der Waals surface area contributed by atoms with Crippen LogP contribution in [0.1, 0.15) is 32.3 Å². The van der Waals surface area contributed by atoms with Crippen LogP contribution in [0, 0.1) is 0 Å². The van der Waals surface area contributed by atoms with Crippen LogP contribution in [0.15, 0.2) is 18.2 Å². The van der Waals surface area contributed by atoms with Crippen LogP contribution in [0.25, 0.3) is 0 Å². The summed E-state index contributed by atoms with van der Waals surface area (Å²) < 4.78 is 5.38. The van der Waals surface area contributed by atoms with E-state index in [1.165, 1.54) is 11.3 Å². The van der Waals surface area contributed by atoms with Crippen LogP contribution in [0.3, 0.4) is 0 Å². The summed E-state index contributed by atoms with van der Waals surface area (Å²) in [5.74, 6) is 1.41. The molecule has 0 heterocycles. The first-order chi connectivity index (χ1) is 7.95. The second-order valence-corrected chi connectivity index (χ2v) is 4.94. The van der Waals surface area contributed by atoms with Gasteiger partial charge in [0.2, 0.25) is 0 Å². The Labute approximate surface area is 105 Å². The molecule has 96 valence electrons. The number of likely N-dealkylation sites (N-methyl/N-ethyl adjacent to an activating group) is 1. The predicted molar refractivity (Wildman–Crippen MR) is 74.0 cm³/mol. The van der Waals surface area contributed by atoms with Gasteiger partial charge < -0.3 is 15.4 Å². The lowest BCUT2D eigenvalue weighted by Gasteiger charge is -2.23. The van der Waals surface area contributed by atoms with Crippen LogP contribution in [-0.4, -0.2) is 26.7 Å². The molecule has 0 aliphatic rings. The summed E-state index contributed by atoms with van der Waals surface area (Å²) in [7, 11) is 3.78. The van der Waals surface area contributed by atoms with Gasteiger partial charge in [0, 0.05) is 25.3 Å². The summed E-state index contributed by atoms with van der Waals surface area (Å²) in [6.07, 6.45) is 0. The Morgan fingerprint density at radius 1 is 1.29 bits per heavy atom. The van der Waals surface area contributed by atoms with Crippen LogP contribution in [0.2, 0.25) is 0 Å². The molecule has 1 aromatic carbocycles. The van der Waals surface area contributed by atoms with Gasteiger partial charge in [-0.1, -0.05) is 13.8 Å². The molecule has 1 aromatic rings. The highest BCUT2D eigenvalue weighted by Crippen LogP contribution is 2.30. The van der Waals surface area contributed by atoms with Crippen LogP contribution in [0.5, 0.6) is 5.75 Å². The first-order valence-electron chi connectivity index (χ1n) is 6.10. The Bertz CT molecular complexity index is 361. The van der Waals surface area contributed by atoms with Crippen molar-refractivity contribution < 1.29 is 4.74 Å². The van der Waals surface area contributed by atoms with Crippen molar-refractivity contribution >= 4 is 5.69 Å². The number of hydrogen-bond donors (Lipinski definition) is 1. The monoisotopic (exact) mass is 236 g/mol. The smallest absolute Gasteiger partial charge is 0.122 e. The molecule has 3 nitrogen and oxygen atoms in total. The van der Waals surface area contributed by atoms with Gasteiger partial charge in [-0.3, -0.25) is 0 Å². The van der Waals surface area contributed by atoms with Crippen LogP contribution in [0.4, 0.5) is 5.69 Å². The molecule has 0 spiro atoms. The van der Waals surface area contributed by atoms with Crippen molar-refractivity contribution in [2.24, 2.45) is 5.73 Å². The molecule has 1 atom stereocenters. The average molecular weight is 236 g/mol. The maximum absolute atomic E-state index is 5.82. The molecule has 3 heteroatoms. The molecule has 1 rings (SSSR count). The molecule has 0 aromatic heterocycles. The standard InChI is InChI=1S/C14H24N2O/c1-10(2)13-8-12(6-7-14(13)17-5)16(4)9-11(3)15/h6-8,10-11H,9,15H2,1-5H3. The van der Waals surface area contributed by atoms with Crippen molar-refractivity contribution in [3.05, 3.63) is 23.8 Å². The summed E-state index contributed by atoms with van der Waals surface area (Å²) in [5.41, 5.74) is 8.24. The molecule has 0 radical (unpaired) electrons. The molecule has 2 N–H and O–H groups in total. The fourth-order valence-corrected chi connectivity index (χ4v) is 1.95. The highest BCUT2D eigenvalue weighted by molar-refractivity contribution is 5.53. The van der Waals surface area contributed by atoms with Gasteiger partial charge in [0.25, 0.3) is 0 Å². The lowest BCUT2D eigenvalue weighted by atomic mass is 10.0. The van der Waals surface area contributed by atoms with Gasteiger partial charge in [0.15, 0.2) is 0 Å². The first kappa shape index (κ1) is 13.8. The minimum absolute atomic E-state index is 0.171. The van der Waals surface area contributed by atoms with Gasteiger partial charge in [-0.05, 0) is 36.6 Å². The van der Waals surface area contributed by atoms with Crippen molar-refractivity contribution in [3.8, 4) is 5.75 Å². The third kappa shape index (κ3) is 3.63. The highest BCUT2D eigenvalue weighted by Gasteiger charge is 2.11. The molecular formula is C14H24N2O. The van der Waals surface area contributed by atoms with Gasteiger partial charge in [-0.25, -0.2) is 0 Å². The lowest BCUT2D eigenvalue weighted by molar-refractivity contribution is 0.407. The Morgan fingerprint density at radius 3 is 2.41 bits per heavy atom. The quantitative estimate of drug-likeness (QED) is 0.854. The number of nitrogens with zero attached hydrogens (tertiary/aromatic N) is 1. The maximum Gasteiger partial charge on any atom is 0.122 e. The van der Waals surface area contributed by atoms with E-state index >= 15 is 0 Å². The third-order valence-electron chi connectivity index (χ3n) is 2.84. The fraction of sp³-hybridized carbons (Fsp3) is 0.571. The summed E-state index contributed by atoms with van der Waals surface area (Å²) in [6, 6.07) is 6.46. The molecule has 1 unspecified atom stereocenters. The van der Waals surface area contributed by atoms with Gasteiger partial charge in [0.05, 0.1) is 7.11 Å². The fourth-order valence-electron chi connectivity index (χ4n) is 1.95. The summed E-state index contributed by atoms with van der Waals surface area (Å²) in [4.78, 5) is 2.18. The van der Waals surface area contributed by atoms with Crippen LogP contribution < -0.4 is 15.4 Å². The van der Waals surface area contributed by atoms with E-state index in [9.17, 15) is 0 Å².